The van der Waals surface area contributed by atoms with Crippen LogP contribution in [0.2, 0.25) is 0 Å². The number of aromatic nitrogens is 2. The third kappa shape index (κ3) is 5.90. The van der Waals surface area contributed by atoms with Crippen LogP contribution in [0.25, 0.3) is 0 Å². The summed E-state index contributed by atoms with van der Waals surface area (Å²) in [7, 11) is 3.25. The van der Waals surface area contributed by atoms with Crippen LogP contribution >= 0.6 is 0 Å². The van der Waals surface area contributed by atoms with Crippen LogP contribution in [0, 0.1) is 17.8 Å². The number of rotatable bonds is 6. The largest absolute Gasteiger partial charge is 0.472 e. The number of hydrogen-bond acceptors (Lipinski definition) is 7. The normalized spacial score (nSPS) is 18.5. The van der Waals surface area contributed by atoms with Crippen molar-refractivity contribution in [3.63, 3.8) is 0 Å². The van der Waals surface area contributed by atoms with Gasteiger partial charge >= 0.3 is 0 Å². The predicted molar refractivity (Wildman–Crippen MR) is 125 cm³/mol. The number of pyridine rings is 2. The first-order valence-electron chi connectivity index (χ1n) is 11.1. The second-order valence-corrected chi connectivity index (χ2v) is 8.36. The Hall–Kier alpha value is -3.48. The van der Waals surface area contributed by atoms with Gasteiger partial charge in [0.05, 0.1) is 24.8 Å². The molecule has 0 aliphatic carbocycles. The Morgan fingerprint density at radius 3 is 2.91 bits per heavy atom. The van der Waals surface area contributed by atoms with E-state index in [1.807, 2.05) is 6.92 Å². The van der Waals surface area contributed by atoms with Crippen molar-refractivity contribution in [3.05, 3.63) is 53.5 Å². The monoisotopic (exact) mass is 466 g/mol. The molecule has 1 aliphatic rings. The van der Waals surface area contributed by atoms with Crippen LogP contribution in [0.4, 0.5) is 0 Å². The molecule has 0 saturated carbocycles. The molecular formula is C25H30N4O5. The van der Waals surface area contributed by atoms with Crippen LogP contribution < -0.4 is 4.74 Å². The van der Waals surface area contributed by atoms with Gasteiger partial charge in [-0.3, -0.25) is 14.6 Å². The van der Waals surface area contributed by atoms with Crippen molar-refractivity contribution in [2.75, 3.05) is 40.5 Å². The quantitative estimate of drug-likeness (QED) is 0.643. The van der Waals surface area contributed by atoms with Gasteiger partial charge in [-0.2, -0.15) is 0 Å². The maximum Gasteiger partial charge on any atom is 0.259 e. The van der Waals surface area contributed by atoms with E-state index in [0.29, 0.717) is 17.7 Å². The topological polar surface area (TPSA) is 105 Å². The number of hydrogen-bond donors (Lipinski definition) is 1. The van der Waals surface area contributed by atoms with Gasteiger partial charge in [-0.15, -0.1) is 0 Å². The lowest BCUT2D eigenvalue weighted by molar-refractivity contribution is 0.0313. The van der Waals surface area contributed by atoms with Crippen LogP contribution in [0.3, 0.4) is 0 Å². The number of likely N-dealkylation sites (N-methyl/N-ethyl adjacent to an activating group) is 1. The highest BCUT2D eigenvalue weighted by molar-refractivity contribution is 5.97. The average Bonchev–Trinajstić information content (AvgIpc) is 2.86. The molecule has 2 aromatic rings. The summed E-state index contributed by atoms with van der Waals surface area (Å²) in [6.45, 7) is 4.44. The molecule has 9 heteroatoms. The van der Waals surface area contributed by atoms with E-state index in [2.05, 4.69) is 21.8 Å². The summed E-state index contributed by atoms with van der Waals surface area (Å²) in [6.07, 6.45) is 4.24. The first-order chi connectivity index (χ1) is 16.3. The Bertz CT molecular complexity index is 1070. The second kappa shape index (κ2) is 11.6. The fourth-order valence-electron chi connectivity index (χ4n) is 3.66. The van der Waals surface area contributed by atoms with E-state index in [-0.39, 0.29) is 48.9 Å². The van der Waals surface area contributed by atoms with Gasteiger partial charge in [-0.1, -0.05) is 18.8 Å². The molecule has 0 aromatic carbocycles. The maximum atomic E-state index is 13.4. The van der Waals surface area contributed by atoms with E-state index in [1.165, 1.54) is 6.20 Å². The average molecular weight is 467 g/mol. The van der Waals surface area contributed by atoms with E-state index in [1.54, 1.807) is 61.5 Å². The van der Waals surface area contributed by atoms with Gasteiger partial charge < -0.3 is 24.4 Å². The van der Waals surface area contributed by atoms with Crippen molar-refractivity contribution in [1.82, 2.24) is 19.8 Å². The molecule has 2 amide bonds. The van der Waals surface area contributed by atoms with Crippen LogP contribution in [0.1, 0.15) is 40.1 Å². The van der Waals surface area contributed by atoms with Gasteiger partial charge in [-0.25, -0.2) is 4.98 Å². The summed E-state index contributed by atoms with van der Waals surface area (Å²) in [5.74, 6) is 5.34. The first-order valence-corrected chi connectivity index (χ1v) is 11.1. The molecule has 34 heavy (non-hydrogen) atoms. The van der Waals surface area contributed by atoms with Crippen molar-refractivity contribution in [1.29, 1.82) is 0 Å². The molecule has 1 N–H and O–H groups in total. The highest BCUT2D eigenvalue weighted by atomic mass is 16.5. The van der Waals surface area contributed by atoms with Crippen molar-refractivity contribution in [2.45, 2.75) is 26.0 Å². The van der Waals surface area contributed by atoms with E-state index in [4.69, 9.17) is 9.47 Å². The van der Waals surface area contributed by atoms with Crippen molar-refractivity contribution < 1.29 is 24.2 Å². The molecule has 0 radical (unpaired) electrons. The zero-order valence-corrected chi connectivity index (χ0v) is 19.9. The maximum absolute atomic E-state index is 13.4. The van der Waals surface area contributed by atoms with Gasteiger partial charge in [0, 0.05) is 50.8 Å². The van der Waals surface area contributed by atoms with Crippen molar-refractivity contribution >= 4 is 11.8 Å². The van der Waals surface area contributed by atoms with Crippen molar-refractivity contribution in [2.24, 2.45) is 5.92 Å². The van der Waals surface area contributed by atoms with E-state index < -0.39 is 12.1 Å². The van der Waals surface area contributed by atoms with Crippen molar-refractivity contribution in [3.8, 4) is 17.7 Å². The summed E-state index contributed by atoms with van der Waals surface area (Å²) in [5.41, 5.74) is 1.30. The molecule has 0 unspecified atom stereocenters. The zero-order valence-electron chi connectivity index (χ0n) is 19.9. The Balaban J connectivity index is 1.93. The minimum absolute atomic E-state index is 0.141. The lowest BCUT2D eigenvalue weighted by Crippen LogP contribution is -2.50. The van der Waals surface area contributed by atoms with Gasteiger partial charge in [-0.05, 0) is 25.1 Å². The molecule has 3 atom stereocenters. The van der Waals surface area contributed by atoms with Gasteiger partial charge in [0.15, 0.2) is 0 Å². The Morgan fingerprint density at radius 1 is 1.44 bits per heavy atom. The van der Waals surface area contributed by atoms with Crippen LogP contribution in [-0.2, 0) is 4.74 Å². The Kier molecular flexibility index (Phi) is 8.57. The SMILES string of the molecule is COCC#Cc1cnc2c(c1)C(=O)N([C@@H](C)CO)C[C@@H](C)[C@@H](CN(C)C(=O)c1cccnc1)O2. The molecule has 0 spiro atoms. The smallest absolute Gasteiger partial charge is 0.259 e. The summed E-state index contributed by atoms with van der Waals surface area (Å²) < 4.78 is 11.2. The molecule has 0 fully saturated rings. The second-order valence-electron chi connectivity index (χ2n) is 8.36. The Labute approximate surface area is 199 Å². The van der Waals surface area contributed by atoms with Gasteiger partial charge in [0.1, 0.15) is 18.3 Å². The van der Waals surface area contributed by atoms with Gasteiger partial charge in [0.25, 0.3) is 11.8 Å². The van der Waals surface area contributed by atoms with Crippen LogP contribution in [0.5, 0.6) is 5.88 Å². The van der Waals surface area contributed by atoms with E-state index >= 15 is 0 Å². The lowest BCUT2D eigenvalue weighted by atomic mass is 9.99. The minimum atomic E-state index is -0.441. The molecule has 0 bridgehead atoms. The summed E-state index contributed by atoms with van der Waals surface area (Å²) in [4.78, 5) is 37.8. The fourth-order valence-corrected chi connectivity index (χ4v) is 3.66. The highest BCUT2D eigenvalue weighted by Gasteiger charge is 2.34. The number of ether oxygens (including phenoxy) is 2. The predicted octanol–water partition coefficient (Wildman–Crippen LogP) is 1.47. The molecule has 3 rings (SSSR count). The minimum Gasteiger partial charge on any atom is -0.472 e. The number of nitrogens with zero attached hydrogens (tertiary/aromatic N) is 4. The van der Waals surface area contributed by atoms with Crippen LogP contribution in [-0.4, -0.2) is 89.3 Å². The number of carbonyl (C=O) groups is 2. The molecule has 180 valence electrons. The molecular weight excluding hydrogens is 436 g/mol. The standard InChI is InChI=1S/C25H30N4O5/c1-17-14-29(18(2)16-30)25(32)21-11-19(7-6-10-33-4)12-27-23(21)34-22(17)15-28(3)24(31)20-8-5-9-26-13-20/h5,8-9,11-13,17-18,22,30H,10,14-16H2,1-4H3/t17-,18+,22-/m1/s1. The summed E-state index contributed by atoms with van der Waals surface area (Å²) >= 11 is 0. The number of fused-ring (bicyclic) bond motifs is 1. The fraction of sp³-hybridized carbons (Fsp3) is 0.440. The third-order valence-corrected chi connectivity index (χ3v) is 5.68. The highest BCUT2D eigenvalue weighted by Crippen LogP contribution is 2.27. The Morgan fingerprint density at radius 2 is 2.24 bits per heavy atom. The molecule has 2 aromatic heterocycles. The molecule has 0 saturated heterocycles. The zero-order chi connectivity index (χ0) is 24.7. The summed E-state index contributed by atoms with van der Waals surface area (Å²) in [5, 5.41) is 9.77. The number of amides is 2. The van der Waals surface area contributed by atoms with Gasteiger partial charge in [0.2, 0.25) is 5.88 Å². The summed E-state index contributed by atoms with van der Waals surface area (Å²) in [6, 6.07) is 4.66. The van der Waals surface area contributed by atoms with Crippen LogP contribution in [0.15, 0.2) is 36.8 Å². The molecule has 3 heterocycles. The third-order valence-electron chi connectivity index (χ3n) is 5.68. The molecule has 9 nitrogen and oxygen atoms in total. The number of aliphatic hydroxyl groups excluding tert-OH is 1. The number of aliphatic hydroxyl groups is 1. The molecule has 1 aliphatic heterocycles. The first kappa shape index (κ1) is 25.1. The van der Waals surface area contributed by atoms with E-state index in [0.717, 1.165) is 0 Å². The number of methoxy groups -OCH3 is 1. The number of carbonyl (C=O) groups excluding carboxylic acids is 2. The van der Waals surface area contributed by atoms with E-state index in [9.17, 15) is 14.7 Å². The lowest BCUT2D eigenvalue weighted by Gasteiger charge is -2.37.